The number of hydrogen-bond donors (Lipinski definition) is 1. The Kier molecular flexibility index (Phi) is 3.56. The molecule has 1 aromatic heterocycles. The minimum atomic E-state index is -0.283. The molecule has 0 fully saturated rings. The van der Waals surface area contributed by atoms with E-state index in [0.717, 1.165) is 11.3 Å². The summed E-state index contributed by atoms with van der Waals surface area (Å²) < 4.78 is 5.14. The van der Waals surface area contributed by atoms with Crippen LogP contribution >= 0.6 is 0 Å². The maximum absolute atomic E-state index is 10.9. The molecule has 1 aromatic rings. The van der Waals surface area contributed by atoms with Crippen LogP contribution in [0.2, 0.25) is 0 Å². The Labute approximate surface area is 90.8 Å². The van der Waals surface area contributed by atoms with Crippen molar-refractivity contribution in [3.05, 3.63) is 17.3 Å². The fourth-order valence-electron chi connectivity index (χ4n) is 1.44. The predicted octanol–water partition coefficient (Wildman–Crippen LogP) is 3.19. The molecular formula is C12H19NO2. The zero-order valence-electron chi connectivity index (χ0n) is 10.0. The van der Waals surface area contributed by atoms with E-state index in [-0.39, 0.29) is 5.97 Å². The molecule has 84 valence electrons. The summed E-state index contributed by atoms with van der Waals surface area (Å²) in [7, 11) is 0. The van der Waals surface area contributed by atoms with Gasteiger partial charge in [-0.2, -0.15) is 0 Å². The fourth-order valence-corrected chi connectivity index (χ4v) is 1.44. The number of nitrogens with one attached hydrogen (secondary N) is 1. The van der Waals surface area contributed by atoms with Crippen molar-refractivity contribution >= 4 is 5.97 Å². The molecule has 3 nitrogen and oxygen atoms in total. The maximum Gasteiger partial charge on any atom is 0.309 e. The molecule has 0 bridgehead atoms. The van der Waals surface area contributed by atoms with Crippen LogP contribution in [0.25, 0.3) is 0 Å². The molecule has 3 heteroatoms. The van der Waals surface area contributed by atoms with Crippen LogP contribution in [0.5, 0.6) is 5.88 Å². The first-order valence-electron chi connectivity index (χ1n) is 5.33. The normalized spacial score (nSPS) is 11.1. The highest BCUT2D eigenvalue weighted by Crippen LogP contribution is 2.29. The van der Waals surface area contributed by atoms with Crippen molar-refractivity contribution in [1.82, 2.24) is 4.98 Å². The third-order valence-electron chi connectivity index (χ3n) is 2.32. The topological polar surface area (TPSA) is 42.1 Å². The Morgan fingerprint density at radius 2 is 1.87 bits per heavy atom. The van der Waals surface area contributed by atoms with Gasteiger partial charge in [0.2, 0.25) is 5.88 Å². The molecule has 0 saturated heterocycles. The molecular weight excluding hydrogens is 190 g/mol. The van der Waals surface area contributed by atoms with E-state index in [1.54, 1.807) is 0 Å². The highest BCUT2D eigenvalue weighted by Gasteiger charge is 2.15. The molecule has 0 unspecified atom stereocenters. The van der Waals surface area contributed by atoms with Crippen LogP contribution in [-0.4, -0.2) is 11.0 Å². The molecule has 0 spiro atoms. The van der Waals surface area contributed by atoms with E-state index in [9.17, 15) is 4.79 Å². The number of rotatable bonds is 3. The lowest BCUT2D eigenvalue weighted by atomic mass is 10.0. The van der Waals surface area contributed by atoms with Crippen LogP contribution < -0.4 is 4.74 Å². The summed E-state index contributed by atoms with van der Waals surface area (Å²) >= 11 is 0. The summed E-state index contributed by atoms with van der Waals surface area (Å²) in [6.45, 7) is 9.79. The van der Waals surface area contributed by atoms with E-state index in [4.69, 9.17) is 4.74 Å². The van der Waals surface area contributed by atoms with Crippen LogP contribution in [0, 0.1) is 0 Å². The largest absolute Gasteiger partial charge is 0.409 e. The number of aromatic amines is 1. The molecule has 0 aliphatic heterocycles. The van der Waals surface area contributed by atoms with Gasteiger partial charge in [-0.05, 0) is 17.9 Å². The first-order chi connectivity index (χ1) is 6.91. The van der Waals surface area contributed by atoms with Crippen LogP contribution in [0.3, 0.4) is 0 Å². The van der Waals surface area contributed by atoms with Gasteiger partial charge in [-0.15, -0.1) is 0 Å². The van der Waals surface area contributed by atoms with Gasteiger partial charge in [0.25, 0.3) is 0 Å². The van der Waals surface area contributed by atoms with Crippen LogP contribution in [0.4, 0.5) is 0 Å². The molecule has 0 saturated carbocycles. The highest BCUT2D eigenvalue weighted by atomic mass is 16.5. The summed E-state index contributed by atoms with van der Waals surface area (Å²) in [4.78, 5) is 14.1. The van der Waals surface area contributed by atoms with Crippen LogP contribution in [0.1, 0.15) is 57.7 Å². The van der Waals surface area contributed by atoms with Gasteiger partial charge in [0.05, 0.1) is 0 Å². The minimum Gasteiger partial charge on any atom is -0.409 e. The molecule has 0 atom stereocenters. The molecule has 1 N–H and O–H groups in total. The second-order valence-corrected chi connectivity index (χ2v) is 4.41. The second kappa shape index (κ2) is 4.51. The predicted molar refractivity (Wildman–Crippen MR) is 60.3 cm³/mol. The number of carbonyl (C=O) groups excluding carboxylic acids is 1. The fraction of sp³-hybridized carbons (Fsp3) is 0.583. The third-order valence-corrected chi connectivity index (χ3v) is 2.32. The number of aromatic nitrogens is 1. The van der Waals surface area contributed by atoms with Crippen molar-refractivity contribution in [2.45, 2.75) is 46.5 Å². The molecule has 1 heterocycles. The van der Waals surface area contributed by atoms with Gasteiger partial charge in [-0.3, -0.25) is 4.79 Å². The lowest BCUT2D eigenvalue weighted by Crippen LogP contribution is -2.04. The average molecular weight is 209 g/mol. The van der Waals surface area contributed by atoms with E-state index in [2.05, 4.69) is 38.7 Å². The minimum absolute atomic E-state index is 0.283. The van der Waals surface area contributed by atoms with Gasteiger partial charge in [-0.1, -0.05) is 27.7 Å². The third kappa shape index (κ3) is 2.85. The highest BCUT2D eigenvalue weighted by molar-refractivity contribution is 5.69. The SMILES string of the molecule is CC(=O)Oc1[nH]c(C(C)C)cc1C(C)C. The number of ether oxygens (including phenoxy) is 1. The van der Waals surface area contributed by atoms with Crippen molar-refractivity contribution in [3.63, 3.8) is 0 Å². The molecule has 0 amide bonds. The molecule has 0 aliphatic rings. The maximum atomic E-state index is 10.9. The number of H-pyrrole nitrogens is 1. The van der Waals surface area contributed by atoms with Gasteiger partial charge in [-0.25, -0.2) is 0 Å². The van der Waals surface area contributed by atoms with Gasteiger partial charge >= 0.3 is 5.97 Å². The van der Waals surface area contributed by atoms with Crippen LogP contribution in [-0.2, 0) is 4.79 Å². The van der Waals surface area contributed by atoms with Crippen LogP contribution in [0.15, 0.2) is 6.07 Å². The van der Waals surface area contributed by atoms with Crippen molar-refractivity contribution in [3.8, 4) is 5.88 Å². The van der Waals surface area contributed by atoms with Crippen molar-refractivity contribution in [2.24, 2.45) is 0 Å². The molecule has 0 aromatic carbocycles. The lowest BCUT2D eigenvalue weighted by Gasteiger charge is -2.05. The zero-order valence-corrected chi connectivity index (χ0v) is 10.0. The number of hydrogen-bond acceptors (Lipinski definition) is 2. The summed E-state index contributed by atoms with van der Waals surface area (Å²) in [6.07, 6.45) is 0. The lowest BCUT2D eigenvalue weighted by molar-refractivity contribution is -0.132. The smallest absolute Gasteiger partial charge is 0.309 e. The van der Waals surface area contributed by atoms with Crippen molar-refractivity contribution in [2.75, 3.05) is 0 Å². The Balaban J connectivity index is 3.05. The first kappa shape index (κ1) is 11.8. The molecule has 0 aliphatic carbocycles. The van der Waals surface area contributed by atoms with Crippen molar-refractivity contribution < 1.29 is 9.53 Å². The second-order valence-electron chi connectivity index (χ2n) is 4.41. The Morgan fingerprint density at radius 3 is 2.27 bits per heavy atom. The van der Waals surface area contributed by atoms with E-state index >= 15 is 0 Å². The van der Waals surface area contributed by atoms with Gasteiger partial charge in [0, 0.05) is 18.2 Å². The standard InChI is InChI=1S/C12H19NO2/c1-7(2)10-6-11(8(3)4)13-12(10)15-9(5)14/h6-8,13H,1-5H3. The summed E-state index contributed by atoms with van der Waals surface area (Å²) in [5, 5.41) is 0. The number of carbonyl (C=O) groups is 1. The molecule has 1 rings (SSSR count). The van der Waals surface area contributed by atoms with Gasteiger partial charge in [0.1, 0.15) is 0 Å². The Morgan fingerprint density at radius 1 is 1.27 bits per heavy atom. The Bertz CT molecular complexity index is 351. The monoisotopic (exact) mass is 209 g/mol. The number of esters is 1. The van der Waals surface area contributed by atoms with Crippen molar-refractivity contribution in [1.29, 1.82) is 0 Å². The van der Waals surface area contributed by atoms with Gasteiger partial charge in [0.15, 0.2) is 0 Å². The summed E-state index contributed by atoms with van der Waals surface area (Å²) in [5.74, 6) is 1.07. The van der Waals surface area contributed by atoms with Gasteiger partial charge < -0.3 is 9.72 Å². The molecule has 15 heavy (non-hydrogen) atoms. The summed E-state index contributed by atoms with van der Waals surface area (Å²) in [6, 6.07) is 2.08. The van der Waals surface area contributed by atoms with E-state index in [0.29, 0.717) is 17.7 Å². The zero-order chi connectivity index (χ0) is 11.6. The summed E-state index contributed by atoms with van der Waals surface area (Å²) in [5.41, 5.74) is 2.17. The van der Waals surface area contributed by atoms with E-state index in [1.807, 2.05) is 0 Å². The van der Waals surface area contributed by atoms with E-state index < -0.39 is 0 Å². The first-order valence-corrected chi connectivity index (χ1v) is 5.33. The molecule has 0 radical (unpaired) electrons. The quantitative estimate of drug-likeness (QED) is 0.777. The van der Waals surface area contributed by atoms with E-state index in [1.165, 1.54) is 6.92 Å². The average Bonchev–Trinajstić information content (AvgIpc) is 2.46. The Hall–Kier alpha value is -1.25.